The van der Waals surface area contributed by atoms with Crippen LogP contribution < -0.4 is 4.90 Å². The molecule has 3 aromatic rings. The molecule has 4 rings (SSSR count). The number of aryl methyl sites for hydroxylation is 2. The molecular weight excluding hydrogens is 330 g/mol. The van der Waals surface area contributed by atoms with Crippen molar-refractivity contribution in [1.82, 2.24) is 9.88 Å². The largest absolute Gasteiger partial charge is 0.440 e. The van der Waals surface area contributed by atoms with Gasteiger partial charge in [-0.2, -0.15) is 0 Å². The second-order valence-electron chi connectivity index (χ2n) is 6.55. The molecule has 1 aromatic carbocycles. The number of oxazole rings is 1. The van der Waals surface area contributed by atoms with Crippen molar-refractivity contribution in [3.63, 3.8) is 0 Å². The number of hydrogen-bond acceptors (Lipinski definition) is 5. The summed E-state index contributed by atoms with van der Waals surface area (Å²) >= 11 is 1.67. The first-order valence-corrected chi connectivity index (χ1v) is 9.62. The van der Waals surface area contributed by atoms with Crippen molar-refractivity contribution in [1.29, 1.82) is 0 Å². The van der Waals surface area contributed by atoms with E-state index in [1.807, 2.05) is 13.0 Å². The zero-order valence-corrected chi connectivity index (χ0v) is 15.6. The van der Waals surface area contributed by atoms with Crippen LogP contribution >= 0.6 is 11.3 Å². The molecule has 0 saturated carbocycles. The molecule has 3 heterocycles. The highest BCUT2D eigenvalue weighted by Gasteiger charge is 2.21. The average Bonchev–Trinajstić information content (AvgIpc) is 3.27. The summed E-state index contributed by atoms with van der Waals surface area (Å²) < 4.78 is 5.87. The Kier molecular flexibility index (Phi) is 4.59. The van der Waals surface area contributed by atoms with Gasteiger partial charge in [0, 0.05) is 38.4 Å². The zero-order chi connectivity index (χ0) is 17.2. The summed E-state index contributed by atoms with van der Waals surface area (Å²) in [5, 5.41) is 2.05. The molecule has 2 aromatic heterocycles. The molecule has 0 aliphatic carbocycles. The fourth-order valence-electron chi connectivity index (χ4n) is 3.36. The summed E-state index contributed by atoms with van der Waals surface area (Å²) in [5.74, 6) is 1.69. The first-order chi connectivity index (χ1) is 12.2. The standard InChI is InChI=1S/C20H23N3OS/c1-15-6-3-4-7-18(15)23-11-9-22(10-12-23)14-17-16(2)24-20(21-17)19-8-5-13-25-19/h3-8,13H,9-12,14H2,1-2H3. The molecule has 0 unspecified atom stereocenters. The molecule has 5 heteroatoms. The summed E-state index contributed by atoms with van der Waals surface area (Å²) in [7, 11) is 0. The van der Waals surface area contributed by atoms with Crippen LogP contribution in [0, 0.1) is 13.8 Å². The SMILES string of the molecule is Cc1ccccc1N1CCN(Cc2nc(-c3cccs3)oc2C)CC1. The fraction of sp³-hybridized carbons (Fsp3) is 0.350. The molecule has 1 aliphatic rings. The predicted molar refractivity (Wildman–Crippen MR) is 103 cm³/mol. The maximum atomic E-state index is 5.87. The first-order valence-electron chi connectivity index (χ1n) is 8.74. The summed E-state index contributed by atoms with van der Waals surface area (Å²) in [5.41, 5.74) is 3.77. The van der Waals surface area contributed by atoms with Crippen LogP contribution in [0.25, 0.3) is 10.8 Å². The Morgan fingerprint density at radius 1 is 1.04 bits per heavy atom. The van der Waals surface area contributed by atoms with Crippen molar-refractivity contribution in [3.05, 3.63) is 58.8 Å². The smallest absolute Gasteiger partial charge is 0.236 e. The van der Waals surface area contributed by atoms with Crippen LogP contribution in [0.4, 0.5) is 5.69 Å². The molecule has 0 radical (unpaired) electrons. The minimum atomic E-state index is 0.751. The van der Waals surface area contributed by atoms with Gasteiger partial charge in [0.05, 0.1) is 10.6 Å². The highest BCUT2D eigenvalue weighted by atomic mass is 32.1. The lowest BCUT2D eigenvalue weighted by Crippen LogP contribution is -2.46. The Bertz CT molecular complexity index is 833. The van der Waals surface area contributed by atoms with Crippen molar-refractivity contribution in [2.45, 2.75) is 20.4 Å². The van der Waals surface area contributed by atoms with Gasteiger partial charge in [0.15, 0.2) is 0 Å². The average molecular weight is 353 g/mol. The van der Waals surface area contributed by atoms with Gasteiger partial charge in [0.1, 0.15) is 5.76 Å². The Balaban J connectivity index is 1.40. The number of hydrogen-bond donors (Lipinski definition) is 0. The van der Waals surface area contributed by atoms with E-state index in [1.54, 1.807) is 11.3 Å². The normalized spacial score (nSPS) is 15.7. The molecule has 130 valence electrons. The van der Waals surface area contributed by atoms with Crippen LogP contribution in [-0.2, 0) is 6.54 Å². The molecule has 1 aliphatic heterocycles. The third-order valence-electron chi connectivity index (χ3n) is 4.83. The van der Waals surface area contributed by atoms with E-state index in [0.29, 0.717) is 0 Å². The summed E-state index contributed by atoms with van der Waals surface area (Å²) in [6.45, 7) is 9.28. The van der Waals surface area contributed by atoms with Crippen LogP contribution in [0.15, 0.2) is 46.2 Å². The highest BCUT2D eigenvalue weighted by molar-refractivity contribution is 7.13. The molecule has 1 fully saturated rings. The molecule has 0 amide bonds. The third kappa shape index (κ3) is 3.48. The van der Waals surface area contributed by atoms with Crippen molar-refractivity contribution < 1.29 is 4.42 Å². The quantitative estimate of drug-likeness (QED) is 0.698. The zero-order valence-electron chi connectivity index (χ0n) is 14.7. The topological polar surface area (TPSA) is 32.5 Å². The predicted octanol–water partition coefficient (Wildman–Crippen LogP) is 4.34. The van der Waals surface area contributed by atoms with Crippen molar-refractivity contribution in [2.24, 2.45) is 0 Å². The summed E-state index contributed by atoms with van der Waals surface area (Å²) in [4.78, 5) is 10.8. The highest BCUT2D eigenvalue weighted by Crippen LogP contribution is 2.27. The fourth-order valence-corrected chi connectivity index (χ4v) is 4.01. The second-order valence-corrected chi connectivity index (χ2v) is 7.50. The number of piperazine rings is 1. The van der Waals surface area contributed by atoms with Crippen molar-refractivity contribution in [2.75, 3.05) is 31.1 Å². The lowest BCUT2D eigenvalue weighted by atomic mass is 10.1. The van der Waals surface area contributed by atoms with Gasteiger partial charge in [-0.1, -0.05) is 24.3 Å². The minimum absolute atomic E-state index is 0.751. The van der Waals surface area contributed by atoms with Gasteiger partial charge in [-0.05, 0) is 36.9 Å². The Labute approximate surface area is 152 Å². The van der Waals surface area contributed by atoms with E-state index in [1.165, 1.54) is 11.3 Å². The van der Waals surface area contributed by atoms with Gasteiger partial charge in [-0.25, -0.2) is 4.98 Å². The van der Waals surface area contributed by atoms with Gasteiger partial charge in [-0.3, -0.25) is 4.90 Å². The molecule has 1 saturated heterocycles. The van der Waals surface area contributed by atoms with Gasteiger partial charge < -0.3 is 9.32 Å². The van der Waals surface area contributed by atoms with E-state index in [9.17, 15) is 0 Å². The third-order valence-corrected chi connectivity index (χ3v) is 5.68. The lowest BCUT2D eigenvalue weighted by molar-refractivity contribution is 0.246. The van der Waals surface area contributed by atoms with Crippen LogP contribution in [0.2, 0.25) is 0 Å². The van der Waals surface area contributed by atoms with Crippen molar-refractivity contribution in [3.8, 4) is 10.8 Å². The van der Waals surface area contributed by atoms with Gasteiger partial charge >= 0.3 is 0 Å². The maximum absolute atomic E-state index is 5.87. The van der Waals surface area contributed by atoms with Gasteiger partial charge in [0.2, 0.25) is 5.89 Å². The lowest BCUT2D eigenvalue weighted by Gasteiger charge is -2.36. The maximum Gasteiger partial charge on any atom is 0.236 e. The second kappa shape index (κ2) is 7.02. The summed E-state index contributed by atoms with van der Waals surface area (Å²) in [6, 6.07) is 12.7. The van der Waals surface area contributed by atoms with E-state index in [-0.39, 0.29) is 0 Å². The number of para-hydroxylation sites is 1. The van der Waals surface area contributed by atoms with E-state index in [4.69, 9.17) is 9.40 Å². The number of benzene rings is 1. The van der Waals surface area contributed by atoms with Crippen LogP contribution in [0.5, 0.6) is 0 Å². The number of rotatable bonds is 4. The van der Waals surface area contributed by atoms with Crippen LogP contribution in [0.3, 0.4) is 0 Å². The van der Waals surface area contributed by atoms with Crippen LogP contribution in [0.1, 0.15) is 17.0 Å². The van der Waals surface area contributed by atoms with Gasteiger partial charge in [-0.15, -0.1) is 11.3 Å². The first kappa shape index (κ1) is 16.4. The monoisotopic (exact) mass is 353 g/mol. The Morgan fingerprint density at radius 2 is 1.84 bits per heavy atom. The molecule has 25 heavy (non-hydrogen) atoms. The van der Waals surface area contributed by atoms with E-state index >= 15 is 0 Å². The Morgan fingerprint density at radius 3 is 2.56 bits per heavy atom. The molecular formula is C20H23N3OS. The van der Waals surface area contributed by atoms with Crippen molar-refractivity contribution >= 4 is 17.0 Å². The molecule has 0 N–H and O–H groups in total. The van der Waals surface area contributed by atoms with E-state index in [2.05, 4.69) is 52.4 Å². The number of thiophene rings is 1. The Hall–Kier alpha value is -2.11. The molecule has 0 atom stereocenters. The molecule has 0 bridgehead atoms. The number of nitrogens with zero attached hydrogens (tertiary/aromatic N) is 3. The number of aromatic nitrogens is 1. The van der Waals surface area contributed by atoms with E-state index < -0.39 is 0 Å². The van der Waals surface area contributed by atoms with E-state index in [0.717, 1.165) is 54.9 Å². The molecule has 0 spiro atoms. The minimum Gasteiger partial charge on any atom is -0.440 e. The molecule has 4 nitrogen and oxygen atoms in total. The van der Waals surface area contributed by atoms with Crippen LogP contribution in [-0.4, -0.2) is 36.1 Å². The van der Waals surface area contributed by atoms with Gasteiger partial charge in [0.25, 0.3) is 0 Å². The number of anilines is 1. The summed E-state index contributed by atoms with van der Waals surface area (Å²) in [6.07, 6.45) is 0.